The number of aliphatic imine (C=N–C) groups is 1. The second-order valence-electron chi connectivity index (χ2n) is 4.10. The molecule has 1 aromatic rings. The van der Waals surface area contributed by atoms with Crippen molar-refractivity contribution in [2.45, 2.75) is 19.4 Å². The average Bonchev–Trinajstić information content (AvgIpc) is 2.57. The Morgan fingerprint density at radius 3 is 3.06 bits per heavy atom. The lowest BCUT2D eigenvalue weighted by molar-refractivity contribution is -0.127. The Morgan fingerprint density at radius 1 is 1.62 bits per heavy atom. The third-order valence-corrected chi connectivity index (χ3v) is 2.72. The molecule has 0 spiro atoms. The van der Waals surface area contributed by atoms with Gasteiger partial charge in [0, 0.05) is 26.0 Å². The van der Waals surface area contributed by atoms with E-state index in [4.69, 9.17) is 0 Å². The number of rotatable bonds is 2. The second-order valence-corrected chi connectivity index (χ2v) is 4.10. The van der Waals surface area contributed by atoms with Gasteiger partial charge in [0.25, 0.3) is 0 Å². The minimum absolute atomic E-state index is 0.101. The molecule has 1 saturated heterocycles. The van der Waals surface area contributed by atoms with Crippen LogP contribution >= 0.6 is 0 Å². The molecule has 2 heterocycles. The summed E-state index contributed by atoms with van der Waals surface area (Å²) in [5.41, 5.74) is 1.95. The Balaban J connectivity index is 2.07. The van der Waals surface area contributed by atoms with Crippen LogP contribution in [0.3, 0.4) is 0 Å². The molecule has 1 fully saturated rings. The zero-order valence-electron chi connectivity index (χ0n) is 9.55. The number of amides is 1. The highest BCUT2D eigenvalue weighted by Crippen LogP contribution is 2.12. The number of nitrogens with zero attached hydrogens (tertiary/aromatic N) is 3. The van der Waals surface area contributed by atoms with Crippen molar-refractivity contribution in [1.82, 2.24) is 9.88 Å². The van der Waals surface area contributed by atoms with Gasteiger partial charge in [0.1, 0.15) is 6.04 Å². The molecule has 0 saturated carbocycles. The molecule has 1 aliphatic heterocycles. The number of pyridine rings is 1. The van der Waals surface area contributed by atoms with Crippen LogP contribution in [0.25, 0.3) is 0 Å². The van der Waals surface area contributed by atoms with Gasteiger partial charge in [-0.25, -0.2) is 0 Å². The zero-order valence-corrected chi connectivity index (χ0v) is 9.55. The van der Waals surface area contributed by atoms with E-state index in [2.05, 4.69) is 9.98 Å². The maximum absolute atomic E-state index is 11.6. The van der Waals surface area contributed by atoms with Gasteiger partial charge in [-0.3, -0.25) is 14.8 Å². The molecule has 4 nitrogen and oxygen atoms in total. The van der Waals surface area contributed by atoms with Crippen molar-refractivity contribution in [1.29, 1.82) is 0 Å². The minimum atomic E-state index is -0.215. The van der Waals surface area contributed by atoms with Crippen molar-refractivity contribution in [3.63, 3.8) is 0 Å². The van der Waals surface area contributed by atoms with Crippen LogP contribution < -0.4 is 0 Å². The molecule has 1 amide bonds. The Bertz CT molecular complexity index is 428. The highest BCUT2D eigenvalue weighted by atomic mass is 16.2. The summed E-state index contributed by atoms with van der Waals surface area (Å²) in [4.78, 5) is 21.8. The summed E-state index contributed by atoms with van der Waals surface area (Å²) in [6, 6.07) is 3.67. The number of aromatic nitrogens is 1. The van der Waals surface area contributed by atoms with E-state index >= 15 is 0 Å². The van der Waals surface area contributed by atoms with E-state index in [-0.39, 0.29) is 11.9 Å². The second kappa shape index (κ2) is 4.43. The summed E-state index contributed by atoms with van der Waals surface area (Å²) in [5.74, 6) is 0.101. The van der Waals surface area contributed by atoms with Gasteiger partial charge in [-0.05, 0) is 31.0 Å². The van der Waals surface area contributed by atoms with Gasteiger partial charge < -0.3 is 4.90 Å². The molecule has 0 aliphatic carbocycles. The summed E-state index contributed by atoms with van der Waals surface area (Å²) in [6.45, 7) is 2.80. The number of carbonyl (C=O) groups excluding carboxylic acids is 1. The lowest BCUT2D eigenvalue weighted by atomic mass is 10.2. The Labute approximate surface area is 95.0 Å². The van der Waals surface area contributed by atoms with Crippen molar-refractivity contribution in [3.05, 3.63) is 29.6 Å². The molecule has 0 aromatic carbocycles. The number of likely N-dealkylation sites (N-methyl/N-ethyl adjacent to an activating group) is 1. The quantitative estimate of drug-likeness (QED) is 0.695. The van der Waals surface area contributed by atoms with E-state index in [0.29, 0.717) is 0 Å². The molecule has 16 heavy (non-hydrogen) atoms. The van der Waals surface area contributed by atoms with Crippen molar-refractivity contribution in [2.75, 3.05) is 13.6 Å². The van der Waals surface area contributed by atoms with Crippen molar-refractivity contribution in [3.8, 4) is 0 Å². The van der Waals surface area contributed by atoms with E-state index in [9.17, 15) is 4.79 Å². The minimum Gasteiger partial charge on any atom is -0.344 e. The van der Waals surface area contributed by atoms with Crippen LogP contribution in [-0.4, -0.2) is 41.6 Å². The molecular weight excluding hydrogens is 202 g/mol. The fourth-order valence-corrected chi connectivity index (χ4v) is 1.74. The van der Waals surface area contributed by atoms with Crippen LogP contribution in [0.15, 0.2) is 23.3 Å². The molecule has 1 aliphatic rings. The molecule has 84 valence electrons. The molecule has 2 rings (SSSR count). The fourth-order valence-electron chi connectivity index (χ4n) is 1.74. The zero-order chi connectivity index (χ0) is 11.5. The van der Waals surface area contributed by atoms with Gasteiger partial charge in [0.05, 0.1) is 5.69 Å². The first-order valence-corrected chi connectivity index (χ1v) is 5.37. The summed E-state index contributed by atoms with van der Waals surface area (Å²) in [7, 11) is 1.81. The molecule has 1 aromatic heterocycles. The topological polar surface area (TPSA) is 45.6 Å². The lowest BCUT2D eigenvalue weighted by Crippen LogP contribution is -2.24. The van der Waals surface area contributed by atoms with Gasteiger partial charge in [-0.2, -0.15) is 0 Å². The molecular formula is C12H15N3O. The predicted octanol–water partition coefficient (Wildman–Crippen LogP) is 1.04. The third kappa shape index (κ3) is 2.27. The summed E-state index contributed by atoms with van der Waals surface area (Å²) < 4.78 is 0. The fraction of sp³-hybridized carbons (Fsp3) is 0.417. The van der Waals surface area contributed by atoms with Gasteiger partial charge >= 0.3 is 0 Å². The average molecular weight is 217 g/mol. The number of aryl methyl sites for hydroxylation is 1. The SMILES string of the molecule is Cc1ccnc(/C=N/C2CCN(C)C2=O)c1. The monoisotopic (exact) mass is 217 g/mol. The van der Waals surface area contributed by atoms with Crippen molar-refractivity contribution in [2.24, 2.45) is 4.99 Å². The largest absolute Gasteiger partial charge is 0.344 e. The van der Waals surface area contributed by atoms with Crippen LogP contribution in [0, 0.1) is 6.92 Å². The number of hydrogen-bond donors (Lipinski definition) is 0. The van der Waals surface area contributed by atoms with Crippen LogP contribution in [-0.2, 0) is 4.79 Å². The Kier molecular flexibility index (Phi) is 2.99. The van der Waals surface area contributed by atoms with Crippen LogP contribution in [0.1, 0.15) is 17.7 Å². The van der Waals surface area contributed by atoms with E-state index in [1.165, 1.54) is 0 Å². The lowest BCUT2D eigenvalue weighted by Gasteiger charge is -2.06. The van der Waals surface area contributed by atoms with E-state index in [0.717, 1.165) is 24.2 Å². The van der Waals surface area contributed by atoms with E-state index < -0.39 is 0 Å². The Morgan fingerprint density at radius 2 is 2.44 bits per heavy atom. The number of carbonyl (C=O) groups is 1. The van der Waals surface area contributed by atoms with Gasteiger partial charge in [-0.1, -0.05) is 0 Å². The number of hydrogen-bond acceptors (Lipinski definition) is 3. The predicted molar refractivity (Wildman–Crippen MR) is 62.6 cm³/mol. The van der Waals surface area contributed by atoms with E-state index in [1.807, 2.05) is 26.1 Å². The van der Waals surface area contributed by atoms with Crippen molar-refractivity contribution >= 4 is 12.1 Å². The standard InChI is InChI=1S/C12H15N3O/c1-9-3-5-13-10(7-9)8-14-11-4-6-15(2)12(11)16/h3,5,7-8,11H,4,6H2,1-2H3/b14-8+. The van der Waals surface area contributed by atoms with Gasteiger partial charge in [-0.15, -0.1) is 0 Å². The molecule has 1 unspecified atom stereocenters. The summed E-state index contributed by atoms with van der Waals surface area (Å²) in [5, 5.41) is 0. The smallest absolute Gasteiger partial charge is 0.247 e. The highest BCUT2D eigenvalue weighted by molar-refractivity contribution is 5.87. The molecule has 4 heteroatoms. The third-order valence-electron chi connectivity index (χ3n) is 2.72. The first kappa shape index (κ1) is 10.8. The first-order chi connectivity index (χ1) is 7.66. The summed E-state index contributed by atoms with van der Waals surface area (Å²) in [6.07, 6.45) is 4.24. The van der Waals surface area contributed by atoms with Crippen molar-refractivity contribution < 1.29 is 4.79 Å². The molecule has 1 atom stereocenters. The number of likely N-dealkylation sites (tertiary alicyclic amines) is 1. The highest BCUT2D eigenvalue weighted by Gasteiger charge is 2.27. The first-order valence-electron chi connectivity index (χ1n) is 5.37. The van der Waals surface area contributed by atoms with E-state index in [1.54, 1.807) is 17.3 Å². The van der Waals surface area contributed by atoms with Crippen LogP contribution in [0.5, 0.6) is 0 Å². The molecule has 0 N–H and O–H groups in total. The molecule has 0 bridgehead atoms. The van der Waals surface area contributed by atoms with Crippen LogP contribution in [0.4, 0.5) is 0 Å². The maximum atomic E-state index is 11.6. The Hall–Kier alpha value is -1.71. The summed E-state index contributed by atoms with van der Waals surface area (Å²) >= 11 is 0. The van der Waals surface area contributed by atoms with Gasteiger partial charge in [0.2, 0.25) is 5.91 Å². The molecule has 0 radical (unpaired) electrons. The normalized spacial score (nSPS) is 21.0. The van der Waals surface area contributed by atoms with Crippen LogP contribution in [0.2, 0.25) is 0 Å². The van der Waals surface area contributed by atoms with Gasteiger partial charge in [0.15, 0.2) is 0 Å². The maximum Gasteiger partial charge on any atom is 0.247 e.